The molecule has 0 saturated carbocycles. The summed E-state index contributed by atoms with van der Waals surface area (Å²) in [5, 5.41) is 12.6. The molecule has 25 heavy (non-hydrogen) atoms. The zero-order valence-corrected chi connectivity index (χ0v) is 14.7. The van der Waals surface area contributed by atoms with E-state index in [9.17, 15) is 4.79 Å². The van der Waals surface area contributed by atoms with Gasteiger partial charge in [-0.15, -0.1) is 0 Å². The average molecular weight is 354 g/mol. The van der Waals surface area contributed by atoms with Gasteiger partial charge >= 0.3 is 0 Å². The Morgan fingerprint density at radius 2 is 2.04 bits per heavy atom. The van der Waals surface area contributed by atoms with Gasteiger partial charge in [-0.25, -0.2) is 0 Å². The first kappa shape index (κ1) is 17.3. The lowest BCUT2D eigenvalue weighted by Gasteiger charge is -2.18. The predicted octanol–water partition coefficient (Wildman–Crippen LogP) is 3.86. The van der Waals surface area contributed by atoms with Crippen molar-refractivity contribution in [1.29, 1.82) is 5.26 Å². The van der Waals surface area contributed by atoms with Gasteiger partial charge in [0.25, 0.3) is 0 Å². The summed E-state index contributed by atoms with van der Waals surface area (Å²) in [4.78, 5) is 14.5. The van der Waals surface area contributed by atoms with Crippen LogP contribution in [0.1, 0.15) is 24.0 Å². The number of carbonyl (C=O) groups excluding carboxylic acids is 1. The second-order valence-electron chi connectivity index (χ2n) is 6.21. The lowest BCUT2D eigenvalue weighted by molar-refractivity contribution is -0.128. The van der Waals surface area contributed by atoms with Crippen LogP contribution in [0.5, 0.6) is 0 Å². The molecule has 1 aliphatic rings. The Hall–Kier alpha value is -2.51. The Morgan fingerprint density at radius 3 is 2.76 bits per heavy atom. The molecule has 1 amide bonds. The minimum absolute atomic E-state index is 0.133. The number of hydrogen-bond acceptors (Lipinski definition) is 3. The maximum atomic E-state index is 12.5. The third-order valence-electron chi connectivity index (χ3n) is 4.46. The van der Waals surface area contributed by atoms with Crippen LogP contribution < -0.4 is 5.32 Å². The highest BCUT2D eigenvalue weighted by molar-refractivity contribution is 6.32. The smallest absolute Gasteiger partial charge is 0.245 e. The van der Waals surface area contributed by atoms with Gasteiger partial charge in [-0.2, -0.15) is 5.26 Å². The molecule has 2 aromatic rings. The molecular formula is C20H20ClN3O. The molecule has 0 spiro atoms. The lowest BCUT2D eigenvalue weighted by atomic mass is 10.1. The molecule has 2 aromatic carbocycles. The maximum Gasteiger partial charge on any atom is 0.245 e. The van der Waals surface area contributed by atoms with Crippen molar-refractivity contribution in [3.8, 4) is 6.07 Å². The average Bonchev–Trinajstić information content (AvgIpc) is 2.96. The van der Waals surface area contributed by atoms with Crippen LogP contribution in [0, 0.1) is 11.3 Å². The van der Waals surface area contributed by atoms with E-state index in [2.05, 4.69) is 17.4 Å². The standard InChI is InChI=1S/C20H20ClN3O/c21-18-13-17(9-8-16(18)14-22)23-19-10-12-24(20(19)25)11-4-7-15-5-2-1-3-6-15/h1-3,5-6,8-9,13,19,23H,4,7,10-12H2. The Morgan fingerprint density at radius 1 is 1.24 bits per heavy atom. The van der Waals surface area contributed by atoms with Gasteiger partial charge in [0.05, 0.1) is 10.6 Å². The summed E-state index contributed by atoms with van der Waals surface area (Å²) >= 11 is 6.05. The van der Waals surface area contributed by atoms with Crippen LogP contribution in [0.4, 0.5) is 5.69 Å². The van der Waals surface area contributed by atoms with Gasteiger partial charge < -0.3 is 10.2 Å². The van der Waals surface area contributed by atoms with Crippen molar-refractivity contribution in [3.63, 3.8) is 0 Å². The normalized spacial score (nSPS) is 16.7. The number of benzene rings is 2. The molecule has 1 fully saturated rings. The Labute approximate surface area is 153 Å². The van der Waals surface area contributed by atoms with Crippen LogP contribution in [-0.2, 0) is 11.2 Å². The number of carbonyl (C=O) groups is 1. The number of amides is 1. The first-order valence-corrected chi connectivity index (χ1v) is 8.84. The molecule has 1 atom stereocenters. The van der Waals surface area contributed by atoms with Gasteiger partial charge in [0.15, 0.2) is 0 Å². The zero-order chi connectivity index (χ0) is 17.6. The molecule has 1 heterocycles. The molecule has 4 nitrogen and oxygen atoms in total. The van der Waals surface area contributed by atoms with E-state index in [1.165, 1.54) is 5.56 Å². The van der Waals surface area contributed by atoms with Crippen molar-refractivity contribution in [2.75, 3.05) is 18.4 Å². The summed E-state index contributed by atoms with van der Waals surface area (Å²) in [5.41, 5.74) is 2.51. The molecule has 1 unspecified atom stereocenters. The highest BCUT2D eigenvalue weighted by atomic mass is 35.5. The molecule has 0 aromatic heterocycles. The molecule has 0 bridgehead atoms. The fourth-order valence-corrected chi connectivity index (χ4v) is 3.33. The van der Waals surface area contributed by atoms with Crippen molar-refractivity contribution >= 4 is 23.2 Å². The molecule has 3 rings (SSSR count). The Bertz CT molecular complexity index is 785. The van der Waals surface area contributed by atoms with E-state index >= 15 is 0 Å². The van der Waals surface area contributed by atoms with E-state index in [0.717, 1.165) is 38.0 Å². The lowest BCUT2D eigenvalue weighted by Crippen LogP contribution is -2.34. The first-order valence-electron chi connectivity index (χ1n) is 8.46. The Balaban J connectivity index is 1.51. The number of aryl methyl sites for hydroxylation is 1. The van der Waals surface area contributed by atoms with Crippen molar-refractivity contribution in [2.24, 2.45) is 0 Å². The molecule has 5 heteroatoms. The maximum absolute atomic E-state index is 12.5. The van der Waals surface area contributed by atoms with E-state index < -0.39 is 0 Å². The van der Waals surface area contributed by atoms with Gasteiger partial charge in [-0.05, 0) is 43.0 Å². The van der Waals surface area contributed by atoms with E-state index in [-0.39, 0.29) is 11.9 Å². The molecule has 0 aliphatic carbocycles. The first-order chi connectivity index (χ1) is 12.2. The molecule has 128 valence electrons. The van der Waals surface area contributed by atoms with E-state index in [0.29, 0.717) is 10.6 Å². The summed E-state index contributed by atoms with van der Waals surface area (Å²) in [6.45, 7) is 1.55. The second-order valence-corrected chi connectivity index (χ2v) is 6.61. The SMILES string of the molecule is N#Cc1ccc(NC2CCN(CCCc3ccccc3)C2=O)cc1Cl. The van der Waals surface area contributed by atoms with Gasteiger partial charge in [-0.1, -0.05) is 41.9 Å². The number of anilines is 1. The highest BCUT2D eigenvalue weighted by Gasteiger charge is 2.31. The number of halogens is 1. The van der Waals surface area contributed by atoms with Crippen molar-refractivity contribution in [2.45, 2.75) is 25.3 Å². The molecule has 1 aliphatic heterocycles. The van der Waals surface area contributed by atoms with Crippen molar-refractivity contribution < 1.29 is 4.79 Å². The predicted molar refractivity (Wildman–Crippen MR) is 99.5 cm³/mol. The van der Waals surface area contributed by atoms with Crippen molar-refractivity contribution in [1.82, 2.24) is 4.90 Å². The minimum Gasteiger partial charge on any atom is -0.374 e. The van der Waals surface area contributed by atoms with Crippen molar-refractivity contribution in [3.05, 3.63) is 64.7 Å². The van der Waals surface area contributed by atoms with E-state index in [1.54, 1.807) is 18.2 Å². The zero-order valence-electron chi connectivity index (χ0n) is 13.9. The van der Waals surface area contributed by atoms with Gasteiger partial charge in [0.1, 0.15) is 12.1 Å². The number of nitrogens with one attached hydrogen (secondary N) is 1. The number of hydrogen-bond donors (Lipinski definition) is 1. The van der Waals surface area contributed by atoms with Crippen LogP contribution in [0.3, 0.4) is 0 Å². The summed E-state index contributed by atoms with van der Waals surface area (Å²) in [6.07, 6.45) is 2.72. The summed E-state index contributed by atoms with van der Waals surface area (Å²) in [6, 6.07) is 17.3. The third-order valence-corrected chi connectivity index (χ3v) is 4.78. The summed E-state index contributed by atoms with van der Waals surface area (Å²) in [7, 11) is 0. The monoisotopic (exact) mass is 353 g/mol. The van der Waals surface area contributed by atoms with E-state index in [4.69, 9.17) is 16.9 Å². The third kappa shape index (κ3) is 4.32. The minimum atomic E-state index is -0.222. The van der Waals surface area contributed by atoms with Crippen LogP contribution in [0.15, 0.2) is 48.5 Å². The van der Waals surface area contributed by atoms with E-state index in [1.807, 2.05) is 29.2 Å². The topological polar surface area (TPSA) is 56.1 Å². The molecule has 1 N–H and O–H groups in total. The highest BCUT2D eigenvalue weighted by Crippen LogP contribution is 2.23. The number of nitrogens with zero attached hydrogens (tertiary/aromatic N) is 2. The number of nitriles is 1. The van der Waals surface area contributed by atoms with Crippen LogP contribution >= 0.6 is 11.6 Å². The largest absolute Gasteiger partial charge is 0.374 e. The quantitative estimate of drug-likeness (QED) is 0.858. The fourth-order valence-electron chi connectivity index (χ4n) is 3.11. The molecule has 1 saturated heterocycles. The molecule has 0 radical (unpaired) electrons. The summed E-state index contributed by atoms with van der Waals surface area (Å²) in [5.74, 6) is 0.133. The van der Waals surface area contributed by atoms with Gasteiger partial charge in [0, 0.05) is 18.8 Å². The van der Waals surface area contributed by atoms with Crippen LogP contribution in [-0.4, -0.2) is 29.9 Å². The Kier molecular flexibility index (Phi) is 5.57. The van der Waals surface area contributed by atoms with Crippen LogP contribution in [0.25, 0.3) is 0 Å². The van der Waals surface area contributed by atoms with Gasteiger partial charge in [0.2, 0.25) is 5.91 Å². The molecular weight excluding hydrogens is 334 g/mol. The number of rotatable bonds is 6. The fraction of sp³-hybridized carbons (Fsp3) is 0.300. The van der Waals surface area contributed by atoms with Gasteiger partial charge in [-0.3, -0.25) is 4.79 Å². The number of likely N-dealkylation sites (tertiary alicyclic amines) is 1. The second kappa shape index (κ2) is 8.04. The summed E-state index contributed by atoms with van der Waals surface area (Å²) < 4.78 is 0. The van der Waals surface area contributed by atoms with Crippen LogP contribution in [0.2, 0.25) is 5.02 Å².